The molecule has 0 aliphatic carbocycles. The molecule has 5 atom stereocenters. The first-order valence-electron chi connectivity index (χ1n) is 9.83. The lowest BCUT2D eigenvalue weighted by atomic mass is 9.99. The summed E-state index contributed by atoms with van der Waals surface area (Å²) in [4.78, 5) is 11.5. The number of rotatable bonds is 7. The summed E-state index contributed by atoms with van der Waals surface area (Å²) in [6, 6.07) is 15.4. The number of aliphatic hydroxyl groups excluding tert-OH is 1. The predicted octanol–water partition coefficient (Wildman–Crippen LogP) is 2.32. The molecule has 1 saturated heterocycles. The second-order valence-electron chi connectivity index (χ2n) is 7.40. The standard InChI is InChI=1S/C22H26O8S/c1-14-9-11-18(12-10-14)31(25,26)30-20-19(27-13-17-7-5-4-6-8-17)15(2)28-22(24)21(20)29-16(3)23/h4-12,15,19-22,24H,13H2,1-3H3/t15-,19+,20+,21-,22+/m0/s1. The van der Waals surface area contributed by atoms with Crippen molar-refractivity contribution in [3.8, 4) is 0 Å². The lowest BCUT2D eigenvalue weighted by Crippen LogP contribution is -2.60. The number of ether oxygens (including phenoxy) is 3. The van der Waals surface area contributed by atoms with E-state index in [0.717, 1.165) is 18.1 Å². The van der Waals surface area contributed by atoms with Crippen LogP contribution >= 0.6 is 0 Å². The van der Waals surface area contributed by atoms with Crippen molar-refractivity contribution in [2.75, 3.05) is 0 Å². The van der Waals surface area contributed by atoms with Crippen LogP contribution in [0.1, 0.15) is 25.0 Å². The maximum atomic E-state index is 12.9. The van der Waals surface area contributed by atoms with E-state index in [2.05, 4.69) is 0 Å². The number of carbonyl (C=O) groups is 1. The molecule has 8 nitrogen and oxygen atoms in total. The Balaban J connectivity index is 1.90. The quantitative estimate of drug-likeness (QED) is 0.506. The Morgan fingerprint density at radius 3 is 2.29 bits per heavy atom. The van der Waals surface area contributed by atoms with Crippen LogP contribution in [0.15, 0.2) is 59.5 Å². The highest BCUT2D eigenvalue weighted by molar-refractivity contribution is 7.86. The van der Waals surface area contributed by atoms with E-state index < -0.39 is 46.8 Å². The SMILES string of the molecule is CC(=O)O[C@H]1[C@H](OS(=O)(=O)c2ccc(C)cc2)[C@H](OCc2ccccc2)[C@H](C)O[C@H]1O. The third-order valence-corrected chi connectivity index (χ3v) is 6.21. The number of aryl methyl sites for hydroxylation is 1. The molecule has 1 heterocycles. The molecule has 0 unspecified atom stereocenters. The monoisotopic (exact) mass is 450 g/mol. The number of benzene rings is 2. The van der Waals surface area contributed by atoms with Crippen LogP contribution < -0.4 is 0 Å². The van der Waals surface area contributed by atoms with Gasteiger partial charge in [-0.2, -0.15) is 8.42 Å². The highest BCUT2D eigenvalue weighted by atomic mass is 32.2. The number of aliphatic hydroxyl groups is 1. The Morgan fingerprint density at radius 1 is 1.03 bits per heavy atom. The van der Waals surface area contributed by atoms with Crippen LogP contribution in [0, 0.1) is 6.92 Å². The fourth-order valence-corrected chi connectivity index (χ4v) is 4.41. The molecule has 2 aromatic carbocycles. The Morgan fingerprint density at radius 2 is 1.68 bits per heavy atom. The maximum Gasteiger partial charge on any atom is 0.303 e. The number of esters is 1. The van der Waals surface area contributed by atoms with Crippen molar-refractivity contribution in [3.05, 3.63) is 65.7 Å². The molecule has 0 radical (unpaired) electrons. The molecular weight excluding hydrogens is 424 g/mol. The number of carbonyl (C=O) groups excluding carboxylic acids is 1. The van der Waals surface area contributed by atoms with Crippen LogP contribution in [0.3, 0.4) is 0 Å². The van der Waals surface area contributed by atoms with E-state index in [1.165, 1.54) is 12.1 Å². The van der Waals surface area contributed by atoms with E-state index in [0.29, 0.717) is 0 Å². The van der Waals surface area contributed by atoms with E-state index in [1.807, 2.05) is 37.3 Å². The van der Waals surface area contributed by atoms with E-state index in [1.54, 1.807) is 19.1 Å². The smallest absolute Gasteiger partial charge is 0.303 e. The average Bonchev–Trinajstić information content (AvgIpc) is 2.71. The van der Waals surface area contributed by atoms with Crippen LogP contribution in [0.5, 0.6) is 0 Å². The van der Waals surface area contributed by atoms with Gasteiger partial charge in [-0.15, -0.1) is 0 Å². The van der Waals surface area contributed by atoms with Crippen molar-refractivity contribution >= 4 is 16.1 Å². The van der Waals surface area contributed by atoms with Gasteiger partial charge < -0.3 is 19.3 Å². The van der Waals surface area contributed by atoms with Gasteiger partial charge in [0.05, 0.1) is 17.6 Å². The first-order valence-corrected chi connectivity index (χ1v) is 11.2. The zero-order valence-electron chi connectivity index (χ0n) is 17.5. The van der Waals surface area contributed by atoms with Gasteiger partial charge in [0.25, 0.3) is 10.1 Å². The van der Waals surface area contributed by atoms with Crippen molar-refractivity contribution in [1.29, 1.82) is 0 Å². The first kappa shape index (κ1) is 23.4. The van der Waals surface area contributed by atoms with E-state index in [-0.39, 0.29) is 11.5 Å². The summed E-state index contributed by atoms with van der Waals surface area (Å²) >= 11 is 0. The fourth-order valence-electron chi connectivity index (χ4n) is 3.32. The van der Waals surface area contributed by atoms with Crippen molar-refractivity contribution in [1.82, 2.24) is 0 Å². The molecule has 2 aromatic rings. The van der Waals surface area contributed by atoms with Crippen LogP contribution in [-0.4, -0.2) is 50.2 Å². The van der Waals surface area contributed by atoms with Crippen molar-refractivity contribution in [2.24, 2.45) is 0 Å². The molecule has 0 aromatic heterocycles. The molecule has 0 spiro atoms. The van der Waals surface area contributed by atoms with Crippen molar-refractivity contribution in [3.63, 3.8) is 0 Å². The lowest BCUT2D eigenvalue weighted by molar-refractivity contribution is -0.285. The van der Waals surface area contributed by atoms with Crippen molar-refractivity contribution < 1.29 is 36.7 Å². The first-order chi connectivity index (χ1) is 14.7. The number of hydrogen-bond acceptors (Lipinski definition) is 8. The molecule has 1 N–H and O–H groups in total. The van der Waals surface area contributed by atoms with E-state index >= 15 is 0 Å². The zero-order chi connectivity index (χ0) is 22.6. The van der Waals surface area contributed by atoms with Crippen LogP contribution in [0.2, 0.25) is 0 Å². The van der Waals surface area contributed by atoms with Gasteiger partial charge in [0.1, 0.15) is 12.2 Å². The molecule has 0 saturated carbocycles. The summed E-state index contributed by atoms with van der Waals surface area (Å²) in [5.74, 6) is -0.717. The minimum atomic E-state index is -4.25. The van der Waals surface area contributed by atoms with Gasteiger partial charge in [0.2, 0.25) is 0 Å². The maximum absolute atomic E-state index is 12.9. The summed E-state index contributed by atoms with van der Waals surface area (Å²) in [5, 5.41) is 10.3. The second-order valence-corrected chi connectivity index (χ2v) is 8.97. The van der Waals surface area contributed by atoms with Crippen LogP contribution in [0.25, 0.3) is 0 Å². The highest BCUT2D eigenvalue weighted by Crippen LogP contribution is 2.30. The lowest BCUT2D eigenvalue weighted by Gasteiger charge is -2.42. The molecule has 1 fully saturated rings. The minimum absolute atomic E-state index is 0.0601. The Bertz CT molecular complexity index is 974. The van der Waals surface area contributed by atoms with Gasteiger partial charge in [-0.3, -0.25) is 8.98 Å². The largest absolute Gasteiger partial charge is 0.454 e. The van der Waals surface area contributed by atoms with E-state index in [4.69, 9.17) is 18.4 Å². The van der Waals surface area contributed by atoms with Crippen molar-refractivity contribution in [2.45, 2.75) is 63.0 Å². The molecule has 1 aliphatic heterocycles. The molecule has 168 valence electrons. The summed E-state index contributed by atoms with van der Waals surface area (Å²) < 4.78 is 47.9. The van der Waals surface area contributed by atoms with Gasteiger partial charge in [-0.25, -0.2) is 0 Å². The van der Waals surface area contributed by atoms with Gasteiger partial charge in [0, 0.05) is 6.92 Å². The molecule has 31 heavy (non-hydrogen) atoms. The molecule has 3 rings (SSSR count). The number of hydrogen-bond donors (Lipinski definition) is 1. The fraction of sp³-hybridized carbons (Fsp3) is 0.409. The average molecular weight is 451 g/mol. The molecule has 0 bridgehead atoms. The van der Waals surface area contributed by atoms with E-state index in [9.17, 15) is 18.3 Å². The molecule has 0 amide bonds. The minimum Gasteiger partial charge on any atom is -0.454 e. The van der Waals surface area contributed by atoms with Gasteiger partial charge in [0.15, 0.2) is 12.4 Å². The topological polar surface area (TPSA) is 108 Å². The normalized spacial score (nSPS) is 26.4. The Hall–Kier alpha value is -2.30. The summed E-state index contributed by atoms with van der Waals surface area (Å²) in [5.41, 5.74) is 1.74. The second kappa shape index (κ2) is 9.88. The van der Waals surface area contributed by atoms with Crippen LogP contribution in [-0.2, 0) is 39.9 Å². The zero-order valence-corrected chi connectivity index (χ0v) is 18.3. The predicted molar refractivity (Wildman–Crippen MR) is 110 cm³/mol. The summed E-state index contributed by atoms with van der Waals surface area (Å²) in [6.45, 7) is 4.75. The van der Waals surface area contributed by atoms with Crippen LogP contribution in [0.4, 0.5) is 0 Å². The molecular formula is C22H26O8S. The van der Waals surface area contributed by atoms with Gasteiger partial charge >= 0.3 is 5.97 Å². The molecule has 9 heteroatoms. The highest BCUT2D eigenvalue weighted by Gasteiger charge is 2.49. The van der Waals surface area contributed by atoms with Gasteiger partial charge in [-0.05, 0) is 31.5 Å². The Kier molecular flexibility index (Phi) is 7.45. The third kappa shape index (κ3) is 5.90. The molecule has 1 aliphatic rings. The third-order valence-electron chi connectivity index (χ3n) is 4.88. The summed E-state index contributed by atoms with van der Waals surface area (Å²) in [6.07, 6.45) is -5.96. The summed E-state index contributed by atoms with van der Waals surface area (Å²) in [7, 11) is -4.25. The Labute approximate surface area is 181 Å². The van der Waals surface area contributed by atoms with Gasteiger partial charge in [-0.1, -0.05) is 48.0 Å².